The van der Waals surface area contributed by atoms with Crippen LogP contribution in [0.25, 0.3) is 0 Å². The largest absolute Gasteiger partial charge is 0.309 e. The molecule has 4 heteroatoms. The van der Waals surface area contributed by atoms with Crippen molar-refractivity contribution < 1.29 is 4.79 Å². The lowest BCUT2D eigenvalue weighted by molar-refractivity contribution is -0.116. The van der Waals surface area contributed by atoms with Gasteiger partial charge in [0.2, 0.25) is 5.91 Å². The van der Waals surface area contributed by atoms with E-state index in [4.69, 9.17) is 0 Å². The number of carbonyl (C=O) groups excluding carboxylic acids is 1. The summed E-state index contributed by atoms with van der Waals surface area (Å²) in [5.74, 6) is 1.22. The van der Waals surface area contributed by atoms with Crippen molar-refractivity contribution in [3.63, 3.8) is 0 Å². The van der Waals surface area contributed by atoms with Crippen molar-refractivity contribution >= 4 is 11.7 Å². The van der Waals surface area contributed by atoms with Gasteiger partial charge < -0.3 is 5.32 Å². The molecular weight excluding hydrogens is 190 g/mol. The molecular formula is C11H19N3O. The molecule has 0 saturated heterocycles. The van der Waals surface area contributed by atoms with Gasteiger partial charge in [-0.25, -0.2) is 0 Å². The minimum atomic E-state index is 0.0397. The molecule has 0 unspecified atom stereocenters. The van der Waals surface area contributed by atoms with Crippen LogP contribution in [0.3, 0.4) is 0 Å². The summed E-state index contributed by atoms with van der Waals surface area (Å²) >= 11 is 0. The lowest BCUT2D eigenvalue weighted by Gasteiger charge is -2.03. The standard InChI is InChI=1S/C11H19N3O/c1-4-9-7-10(14-13-9)12-11(15)6-5-8(2)3/h7-8H,4-6H2,1-3H3,(H2,12,13,14,15). The number of H-pyrrole nitrogens is 1. The number of anilines is 1. The van der Waals surface area contributed by atoms with E-state index in [1.807, 2.05) is 13.0 Å². The SMILES string of the molecule is CCc1cc(NC(=O)CCC(C)C)n[nH]1. The zero-order valence-electron chi connectivity index (χ0n) is 9.63. The second kappa shape index (κ2) is 5.53. The average molecular weight is 209 g/mol. The van der Waals surface area contributed by atoms with Crippen LogP contribution in [0.2, 0.25) is 0 Å². The lowest BCUT2D eigenvalue weighted by atomic mass is 10.1. The molecule has 1 amide bonds. The Bertz CT molecular complexity index is 317. The summed E-state index contributed by atoms with van der Waals surface area (Å²) in [6.07, 6.45) is 2.37. The van der Waals surface area contributed by atoms with Crippen LogP contribution in [0.15, 0.2) is 6.07 Å². The third kappa shape index (κ3) is 4.14. The number of nitrogens with zero attached hydrogens (tertiary/aromatic N) is 1. The molecule has 1 rings (SSSR count). The molecule has 0 aliphatic heterocycles. The third-order valence-corrected chi connectivity index (χ3v) is 2.23. The fourth-order valence-electron chi connectivity index (χ4n) is 1.23. The van der Waals surface area contributed by atoms with Crippen LogP contribution < -0.4 is 5.32 Å². The molecule has 0 radical (unpaired) electrons. The second-order valence-corrected chi connectivity index (χ2v) is 4.11. The quantitative estimate of drug-likeness (QED) is 0.782. The van der Waals surface area contributed by atoms with Crippen molar-refractivity contribution in [2.75, 3.05) is 5.32 Å². The molecule has 0 saturated carbocycles. The Morgan fingerprint density at radius 3 is 2.87 bits per heavy atom. The van der Waals surface area contributed by atoms with Crippen molar-refractivity contribution in [1.29, 1.82) is 0 Å². The molecule has 15 heavy (non-hydrogen) atoms. The number of carbonyl (C=O) groups is 1. The minimum absolute atomic E-state index is 0.0397. The Labute approximate surface area is 90.5 Å². The summed E-state index contributed by atoms with van der Waals surface area (Å²) in [7, 11) is 0. The summed E-state index contributed by atoms with van der Waals surface area (Å²) < 4.78 is 0. The van der Waals surface area contributed by atoms with Crippen molar-refractivity contribution in [2.45, 2.75) is 40.0 Å². The van der Waals surface area contributed by atoms with E-state index in [0.717, 1.165) is 18.5 Å². The first-order valence-corrected chi connectivity index (χ1v) is 5.46. The normalized spacial score (nSPS) is 10.7. The summed E-state index contributed by atoms with van der Waals surface area (Å²) in [6, 6.07) is 1.87. The van der Waals surface area contributed by atoms with Gasteiger partial charge in [0.25, 0.3) is 0 Å². The fraction of sp³-hybridized carbons (Fsp3) is 0.636. The fourth-order valence-corrected chi connectivity index (χ4v) is 1.23. The van der Waals surface area contributed by atoms with Crippen LogP contribution in [0.5, 0.6) is 0 Å². The van der Waals surface area contributed by atoms with Gasteiger partial charge in [-0.2, -0.15) is 5.10 Å². The molecule has 0 aromatic carbocycles. The van der Waals surface area contributed by atoms with Gasteiger partial charge in [0.05, 0.1) is 0 Å². The van der Waals surface area contributed by atoms with E-state index in [2.05, 4.69) is 29.4 Å². The van der Waals surface area contributed by atoms with Crippen molar-refractivity contribution in [3.05, 3.63) is 11.8 Å². The van der Waals surface area contributed by atoms with Crippen molar-refractivity contribution in [1.82, 2.24) is 10.2 Å². The van der Waals surface area contributed by atoms with Crippen LogP contribution in [0, 0.1) is 5.92 Å². The summed E-state index contributed by atoms with van der Waals surface area (Å²) in [6.45, 7) is 6.26. The average Bonchev–Trinajstić information content (AvgIpc) is 2.62. The molecule has 1 aromatic rings. The topological polar surface area (TPSA) is 57.8 Å². The van der Waals surface area contributed by atoms with Crippen molar-refractivity contribution in [2.24, 2.45) is 5.92 Å². The van der Waals surface area contributed by atoms with Gasteiger partial charge in [-0.05, 0) is 18.8 Å². The van der Waals surface area contributed by atoms with E-state index in [1.165, 1.54) is 0 Å². The number of amides is 1. The van der Waals surface area contributed by atoms with E-state index in [9.17, 15) is 4.79 Å². The third-order valence-electron chi connectivity index (χ3n) is 2.23. The monoisotopic (exact) mass is 209 g/mol. The van der Waals surface area contributed by atoms with Gasteiger partial charge in [0.15, 0.2) is 5.82 Å². The maximum absolute atomic E-state index is 11.4. The second-order valence-electron chi connectivity index (χ2n) is 4.11. The molecule has 4 nitrogen and oxygen atoms in total. The Balaban J connectivity index is 2.37. The van der Waals surface area contributed by atoms with Crippen LogP contribution in [0.1, 0.15) is 39.3 Å². The minimum Gasteiger partial charge on any atom is -0.309 e. The number of aromatic amines is 1. The first-order chi connectivity index (χ1) is 7.11. The molecule has 1 aromatic heterocycles. The molecule has 0 aliphatic rings. The number of aromatic nitrogens is 2. The summed E-state index contributed by atoms with van der Waals surface area (Å²) in [4.78, 5) is 11.4. The zero-order chi connectivity index (χ0) is 11.3. The first-order valence-electron chi connectivity index (χ1n) is 5.46. The Hall–Kier alpha value is -1.32. The van der Waals surface area contributed by atoms with Gasteiger partial charge in [0, 0.05) is 18.2 Å². The van der Waals surface area contributed by atoms with Crippen LogP contribution >= 0.6 is 0 Å². The van der Waals surface area contributed by atoms with Crippen LogP contribution in [-0.2, 0) is 11.2 Å². The highest BCUT2D eigenvalue weighted by atomic mass is 16.1. The first kappa shape index (κ1) is 11.8. The molecule has 0 spiro atoms. The van der Waals surface area contributed by atoms with Crippen molar-refractivity contribution in [3.8, 4) is 0 Å². The number of hydrogen-bond acceptors (Lipinski definition) is 2. The van der Waals surface area contributed by atoms with E-state index in [-0.39, 0.29) is 5.91 Å². The highest BCUT2D eigenvalue weighted by Gasteiger charge is 2.06. The molecule has 0 aliphatic carbocycles. The maximum Gasteiger partial charge on any atom is 0.225 e. The van der Waals surface area contributed by atoms with E-state index in [1.54, 1.807) is 0 Å². The Morgan fingerprint density at radius 2 is 2.33 bits per heavy atom. The predicted octanol–water partition coefficient (Wildman–Crippen LogP) is 2.35. The molecule has 84 valence electrons. The Kier molecular flexibility index (Phi) is 4.34. The van der Waals surface area contributed by atoms with E-state index >= 15 is 0 Å². The Morgan fingerprint density at radius 1 is 1.60 bits per heavy atom. The van der Waals surface area contributed by atoms with Gasteiger partial charge in [-0.15, -0.1) is 0 Å². The number of hydrogen-bond donors (Lipinski definition) is 2. The van der Waals surface area contributed by atoms with Gasteiger partial charge in [0.1, 0.15) is 0 Å². The highest BCUT2D eigenvalue weighted by Crippen LogP contribution is 2.08. The zero-order valence-corrected chi connectivity index (χ0v) is 9.63. The molecule has 0 atom stereocenters. The number of aryl methyl sites for hydroxylation is 1. The van der Waals surface area contributed by atoms with Gasteiger partial charge in [-0.3, -0.25) is 9.89 Å². The highest BCUT2D eigenvalue weighted by molar-refractivity contribution is 5.89. The smallest absolute Gasteiger partial charge is 0.225 e. The molecule has 1 heterocycles. The van der Waals surface area contributed by atoms with Gasteiger partial charge in [-0.1, -0.05) is 20.8 Å². The lowest BCUT2D eigenvalue weighted by Crippen LogP contribution is -2.12. The predicted molar refractivity (Wildman–Crippen MR) is 60.7 cm³/mol. The number of rotatable bonds is 5. The van der Waals surface area contributed by atoms with E-state index < -0.39 is 0 Å². The van der Waals surface area contributed by atoms with E-state index in [0.29, 0.717) is 18.2 Å². The number of nitrogens with one attached hydrogen (secondary N) is 2. The molecule has 2 N–H and O–H groups in total. The van der Waals surface area contributed by atoms with Crippen LogP contribution in [-0.4, -0.2) is 16.1 Å². The molecule has 0 fully saturated rings. The summed E-state index contributed by atoms with van der Waals surface area (Å²) in [5, 5.41) is 9.63. The van der Waals surface area contributed by atoms with Gasteiger partial charge >= 0.3 is 0 Å². The molecule has 0 bridgehead atoms. The summed E-state index contributed by atoms with van der Waals surface area (Å²) in [5.41, 5.74) is 1.04. The van der Waals surface area contributed by atoms with Crippen LogP contribution in [0.4, 0.5) is 5.82 Å². The maximum atomic E-state index is 11.4.